The molecule has 0 heterocycles. The van der Waals surface area contributed by atoms with Gasteiger partial charge < -0.3 is 4.74 Å². The molecule has 0 saturated carbocycles. The molecule has 0 aromatic heterocycles. The van der Waals surface area contributed by atoms with Gasteiger partial charge in [-0.25, -0.2) is 0 Å². The molecule has 0 aliphatic rings. The maximum Gasteiger partial charge on any atom is 0.419 e. The molecule has 2 aromatic rings. The van der Waals surface area contributed by atoms with Crippen LogP contribution in [-0.2, 0) is 24.0 Å². The summed E-state index contributed by atoms with van der Waals surface area (Å²) in [5.74, 6) is -0.162. The number of rotatable bonds is 7. The molecule has 0 saturated heterocycles. The van der Waals surface area contributed by atoms with Crippen molar-refractivity contribution in [3.05, 3.63) is 65.2 Å². The average Bonchev–Trinajstić information content (AvgIpc) is 2.58. The molecule has 2 nitrogen and oxygen atoms in total. The highest BCUT2D eigenvalue weighted by Crippen LogP contribution is 2.37. The zero-order valence-electron chi connectivity index (χ0n) is 13.4. The Balaban J connectivity index is 2.16. The number of aryl methyl sites for hydroxylation is 1. The van der Waals surface area contributed by atoms with Crippen molar-refractivity contribution in [3.63, 3.8) is 0 Å². The minimum Gasteiger partial charge on any atom is -0.488 e. The van der Waals surface area contributed by atoms with Crippen LogP contribution in [0.4, 0.5) is 13.2 Å². The number of ketones is 1. The van der Waals surface area contributed by atoms with E-state index in [9.17, 15) is 18.0 Å². The van der Waals surface area contributed by atoms with Gasteiger partial charge in [-0.05, 0) is 29.7 Å². The maximum atomic E-state index is 13.3. The van der Waals surface area contributed by atoms with Crippen molar-refractivity contribution >= 4 is 5.78 Å². The van der Waals surface area contributed by atoms with Crippen molar-refractivity contribution in [1.82, 2.24) is 0 Å². The number of benzene rings is 2. The second kappa shape index (κ2) is 7.99. The fraction of sp³-hybridized carbons (Fsp3) is 0.316. The first-order chi connectivity index (χ1) is 11.4. The number of hydrogen-bond donors (Lipinski definition) is 0. The van der Waals surface area contributed by atoms with Gasteiger partial charge in [-0.1, -0.05) is 43.3 Å². The molecular weight excluding hydrogens is 317 g/mol. The Labute approximate surface area is 139 Å². The summed E-state index contributed by atoms with van der Waals surface area (Å²) in [6.07, 6.45) is -3.56. The Morgan fingerprint density at radius 3 is 2.38 bits per heavy atom. The van der Waals surface area contributed by atoms with Gasteiger partial charge in [0.25, 0.3) is 0 Å². The molecule has 24 heavy (non-hydrogen) atoms. The third-order valence-electron chi connectivity index (χ3n) is 3.67. The standard InChI is InChI=1S/C19H19F3O2/c1-2-16(23)10-8-14-9-11-18(17(12-14)19(20,21)22)24-13-15-6-4-3-5-7-15/h3-7,9,11-12H,2,8,10,13H2,1H3. The Hall–Kier alpha value is -2.30. The maximum absolute atomic E-state index is 13.3. The van der Waals surface area contributed by atoms with E-state index in [0.29, 0.717) is 18.4 Å². The number of carbonyl (C=O) groups is 1. The van der Waals surface area contributed by atoms with E-state index in [2.05, 4.69) is 0 Å². The van der Waals surface area contributed by atoms with E-state index < -0.39 is 11.7 Å². The second-order valence-corrected chi connectivity index (χ2v) is 5.49. The smallest absolute Gasteiger partial charge is 0.419 e. The van der Waals surface area contributed by atoms with Crippen molar-refractivity contribution in [2.24, 2.45) is 0 Å². The summed E-state index contributed by atoms with van der Waals surface area (Å²) < 4.78 is 45.2. The van der Waals surface area contributed by atoms with E-state index in [1.54, 1.807) is 37.3 Å². The molecule has 0 aliphatic carbocycles. The predicted octanol–water partition coefficient (Wildman–Crippen LogP) is 5.20. The van der Waals surface area contributed by atoms with Crippen LogP contribution in [-0.4, -0.2) is 5.78 Å². The SMILES string of the molecule is CCC(=O)CCc1ccc(OCc2ccccc2)c(C(F)(F)F)c1. The van der Waals surface area contributed by atoms with Gasteiger partial charge in [0.2, 0.25) is 0 Å². The molecule has 128 valence electrons. The van der Waals surface area contributed by atoms with E-state index >= 15 is 0 Å². The highest BCUT2D eigenvalue weighted by atomic mass is 19.4. The Kier molecular flexibility index (Phi) is 6.01. The monoisotopic (exact) mass is 336 g/mol. The molecule has 0 fully saturated rings. The Morgan fingerprint density at radius 2 is 1.75 bits per heavy atom. The van der Waals surface area contributed by atoms with Crippen LogP contribution in [0.1, 0.15) is 36.5 Å². The quantitative estimate of drug-likeness (QED) is 0.695. The second-order valence-electron chi connectivity index (χ2n) is 5.49. The number of carbonyl (C=O) groups excluding carboxylic acids is 1. The first kappa shape index (κ1) is 18.0. The molecule has 0 spiro atoms. The van der Waals surface area contributed by atoms with Crippen molar-refractivity contribution < 1.29 is 22.7 Å². The molecule has 0 bridgehead atoms. The average molecular weight is 336 g/mol. The first-order valence-corrected chi connectivity index (χ1v) is 7.78. The normalized spacial score (nSPS) is 11.3. The molecule has 0 aliphatic heterocycles. The van der Waals surface area contributed by atoms with Crippen LogP contribution in [0.3, 0.4) is 0 Å². The zero-order chi connectivity index (χ0) is 17.6. The van der Waals surface area contributed by atoms with Crippen LogP contribution in [0.5, 0.6) is 5.75 Å². The molecule has 0 N–H and O–H groups in total. The van der Waals surface area contributed by atoms with Gasteiger partial charge in [-0.15, -0.1) is 0 Å². The molecule has 2 rings (SSSR count). The van der Waals surface area contributed by atoms with Gasteiger partial charge in [-0.3, -0.25) is 4.79 Å². The largest absolute Gasteiger partial charge is 0.488 e. The van der Waals surface area contributed by atoms with Gasteiger partial charge in [0.15, 0.2) is 0 Å². The third-order valence-corrected chi connectivity index (χ3v) is 3.67. The molecule has 0 atom stereocenters. The summed E-state index contributed by atoms with van der Waals surface area (Å²) in [6.45, 7) is 1.81. The van der Waals surface area contributed by atoms with Crippen molar-refractivity contribution in [1.29, 1.82) is 0 Å². The first-order valence-electron chi connectivity index (χ1n) is 7.78. The van der Waals surface area contributed by atoms with Crippen LogP contribution in [0.15, 0.2) is 48.5 Å². The van der Waals surface area contributed by atoms with Crippen LogP contribution >= 0.6 is 0 Å². The topological polar surface area (TPSA) is 26.3 Å². The zero-order valence-corrected chi connectivity index (χ0v) is 13.4. The summed E-state index contributed by atoms with van der Waals surface area (Å²) in [4.78, 5) is 11.3. The molecule has 0 amide bonds. The number of hydrogen-bond acceptors (Lipinski definition) is 2. The van der Waals surface area contributed by atoms with E-state index in [1.165, 1.54) is 6.07 Å². The van der Waals surface area contributed by atoms with Crippen molar-refractivity contribution in [2.45, 2.75) is 39.0 Å². The van der Waals surface area contributed by atoms with Gasteiger partial charge >= 0.3 is 6.18 Å². The molecule has 2 aromatic carbocycles. The van der Waals surface area contributed by atoms with Gasteiger partial charge in [0, 0.05) is 12.8 Å². The highest BCUT2D eigenvalue weighted by molar-refractivity contribution is 5.78. The number of Topliss-reactive ketones (excluding diaryl/α,β-unsaturated/α-hetero) is 1. The van der Waals surface area contributed by atoms with Crippen LogP contribution < -0.4 is 4.74 Å². The number of alkyl halides is 3. The third kappa shape index (κ3) is 5.11. The van der Waals surface area contributed by atoms with Gasteiger partial charge in [0.05, 0.1) is 5.56 Å². The Morgan fingerprint density at radius 1 is 1.04 bits per heavy atom. The summed E-state index contributed by atoms with van der Waals surface area (Å²) >= 11 is 0. The number of halogens is 3. The van der Waals surface area contributed by atoms with Crippen LogP contribution in [0.2, 0.25) is 0 Å². The van der Waals surface area contributed by atoms with E-state index in [1.807, 2.05) is 6.07 Å². The summed E-state index contributed by atoms with van der Waals surface area (Å²) in [5.41, 5.74) is 0.472. The van der Waals surface area contributed by atoms with Crippen LogP contribution in [0, 0.1) is 0 Å². The van der Waals surface area contributed by atoms with E-state index in [0.717, 1.165) is 11.6 Å². The molecular formula is C19H19F3O2. The minimum absolute atomic E-state index is 0.0352. The van der Waals surface area contributed by atoms with Gasteiger partial charge in [-0.2, -0.15) is 13.2 Å². The van der Waals surface area contributed by atoms with Crippen molar-refractivity contribution in [2.75, 3.05) is 0 Å². The molecule has 0 unspecified atom stereocenters. The molecule has 0 radical (unpaired) electrons. The summed E-state index contributed by atoms with van der Waals surface area (Å²) in [5, 5.41) is 0. The van der Waals surface area contributed by atoms with Gasteiger partial charge in [0.1, 0.15) is 18.1 Å². The summed E-state index contributed by atoms with van der Waals surface area (Å²) in [6, 6.07) is 13.0. The summed E-state index contributed by atoms with van der Waals surface area (Å²) in [7, 11) is 0. The fourth-order valence-corrected chi connectivity index (χ4v) is 2.28. The van der Waals surface area contributed by atoms with Crippen LogP contribution in [0.25, 0.3) is 0 Å². The minimum atomic E-state index is -4.50. The van der Waals surface area contributed by atoms with Crippen molar-refractivity contribution in [3.8, 4) is 5.75 Å². The molecule has 5 heteroatoms. The Bertz CT molecular complexity index is 679. The fourth-order valence-electron chi connectivity index (χ4n) is 2.28. The highest BCUT2D eigenvalue weighted by Gasteiger charge is 2.34. The lowest BCUT2D eigenvalue weighted by atomic mass is 10.0. The lowest BCUT2D eigenvalue weighted by molar-refractivity contribution is -0.139. The lowest BCUT2D eigenvalue weighted by Gasteiger charge is -2.15. The van der Waals surface area contributed by atoms with E-state index in [4.69, 9.17) is 4.74 Å². The van der Waals surface area contributed by atoms with E-state index in [-0.39, 0.29) is 24.6 Å². The number of ether oxygens (including phenoxy) is 1. The lowest BCUT2D eigenvalue weighted by Crippen LogP contribution is -2.10. The predicted molar refractivity (Wildman–Crippen MR) is 85.8 cm³/mol.